The van der Waals surface area contributed by atoms with Crippen molar-refractivity contribution < 1.29 is 233 Å². The predicted octanol–water partition coefficient (Wildman–Crippen LogP) is -17.8. The van der Waals surface area contributed by atoms with Crippen LogP contribution in [-0.2, 0) is 4.57 Å². The summed E-state index contributed by atoms with van der Waals surface area (Å²) in [5, 5.41) is 0. The van der Waals surface area contributed by atoms with Crippen LogP contribution in [0.4, 0.5) is 0 Å². The Morgan fingerprint density at radius 2 is 0.800 bits per heavy atom. The largest absolute Gasteiger partial charge is 1.00 e. The van der Waals surface area contributed by atoms with Crippen LogP contribution < -0.4 is 228 Å². The van der Waals surface area contributed by atoms with Crippen molar-refractivity contribution in [2.75, 3.05) is 0 Å². The van der Waals surface area contributed by atoms with E-state index in [0.29, 0.717) is 0 Å². The molecule has 0 aliphatic heterocycles. The molecular weight excluding hydrogens is 258 g/mol. The zero-order valence-corrected chi connectivity index (χ0v) is 21.3. The summed E-state index contributed by atoms with van der Waals surface area (Å²) in [7, 11) is -5.39. The van der Waals surface area contributed by atoms with Crippen molar-refractivity contribution in [3.63, 3.8) is 0 Å². The first-order chi connectivity index (χ1) is 2.00. The van der Waals surface area contributed by atoms with Crippen molar-refractivity contribution in [1.82, 2.24) is 0 Å². The molecule has 0 aromatic carbocycles. The van der Waals surface area contributed by atoms with Gasteiger partial charge in [0, 0.05) is 0 Å². The molecule has 0 N–H and O–H groups in total. The minimum atomic E-state index is -5.39. The van der Waals surface area contributed by atoms with E-state index in [1.165, 1.54) is 0 Å². The van der Waals surface area contributed by atoms with Crippen LogP contribution in [0.3, 0.4) is 0 Å². The van der Waals surface area contributed by atoms with Gasteiger partial charge in [0.2, 0.25) is 0 Å². The third-order valence-corrected chi connectivity index (χ3v) is 0. The molecule has 32 valence electrons. The number of rotatable bonds is 0. The van der Waals surface area contributed by atoms with Crippen LogP contribution in [-0.4, -0.2) is 0 Å². The predicted molar refractivity (Wildman–Crippen MR) is 7.61 cm³/mol. The molecule has 0 aliphatic rings. The fourth-order valence-electron chi connectivity index (χ4n) is 0. The molecule has 0 unspecified atom stereocenters. The van der Waals surface area contributed by atoms with Gasteiger partial charge in [-0.2, -0.15) is 7.82 Å². The first-order valence-corrected chi connectivity index (χ1v) is 2.19. The Hall–Kier alpha value is 7.02. The van der Waals surface area contributed by atoms with Gasteiger partial charge >= 0.3 is 213 Å². The van der Waals surface area contributed by atoms with Crippen molar-refractivity contribution in [3.8, 4) is 0 Å². The van der Waals surface area contributed by atoms with Gasteiger partial charge in [-0.05, 0) is 0 Å². The maximum atomic E-state index is 8.55. The first-order valence-electron chi connectivity index (χ1n) is 0.730. The molecule has 10 heavy (non-hydrogen) atoms. The third-order valence-electron chi connectivity index (χ3n) is 0. The standard InChI is InChI=1S/3K.2Na.H3O4P/c;;;;;1-5(2,3)4/h;;;;;(H3,1,2,3,4)/q5*+1;/p-3. The molecule has 0 aromatic rings. The molecule has 0 rings (SSSR count). The number of phosphoric acid groups is 1. The molecule has 0 saturated carbocycles. The monoisotopic (exact) mass is 258 g/mol. The van der Waals surface area contributed by atoms with Gasteiger partial charge in [-0.15, -0.1) is 0 Å². The molecule has 10 heteroatoms. The fraction of sp³-hybridized carbons (Fsp3) is 0. The van der Waals surface area contributed by atoms with Crippen LogP contribution in [0.15, 0.2) is 0 Å². The van der Waals surface area contributed by atoms with Crippen molar-refractivity contribution in [1.29, 1.82) is 0 Å². The van der Waals surface area contributed by atoms with Crippen molar-refractivity contribution in [2.24, 2.45) is 0 Å². The quantitative estimate of drug-likeness (QED) is 0.319. The second-order valence-corrected chi connectivity index (χ2v) is 1.34. The normalized spacial score (nSPS) is 5.90. The summed E-state index contributed by atoms with van der Waals surface area (Å²) < 4.78 is 8.55. The molecule has 0 aromatic heterocycles. The van der Waals surface area contributed by atoms with Gasteiger partial charge in [-0.3, -0.25) is 0 Å². The van der Waals surface area contributed by atoms with E-state index in [9.17, 15) is 0 Å². The minimum Gasteiger partial charge on any atom is -0.822 e. The second-order valence-electron chi connectivity index (χ2n) is 0.447. The third kappa shape index (κ3) is 59.9. The Balaban J connectivity index is -0.00000000800. The topological polar surface area (TPSA) is 86.2 Å². The minimum absolute atomic E-state index is 0. The Morgan fingerprint density at radius 3 is 0.800 bits per heavy atom. The van der Waals surface area contributed by atoms with Crippen LogP contribution in [0.25, 0.3) is 0 Å². The van der Waals surface area contributed by atoms with Gasteiger partial charge in [0.15, 0.2) is 0 Å². The zero-order chi connectivity index (χ0) is 4.50. The maximum absolute atomic E-state index is 8.55. The fourth-order valence-corrected chi connectivity index (χ4v) is 0. The van der Waals surface area contributed by atoms with E-state index in [4.69, 9.17) is 19.2 Å². The SMILES string of the molecule is O=P([O-])([O-])[O-].[K+].[K+].[K+].[Na+].[Na+]. The summed E-state index contributed by atoms with van der Waals surface area (Å²) >= 11 is 0. The molecule has 4 nitrogen and oxygen atoms in total. The summed E-state index contributed by atoms with van der Waals surface area (Å²) in [4.78, 5) is 25.6. The second kappa shape index (κ2) is 21.3. The van der Waals surface area contributed by atoms with Gasteiger partial charge in [0.1, 0.15) is 0 Å². The Morgan fingerprint density at radius 1 is 0.800 bits per heavy atom. The molecule has 0 atom stereocenters. The Kier molecular flexibility index (Phi) is 76.7. The van der Waals surface area contributed by atoms with E-state index in [0.717, 1.165) is 0 Å². The van der Waals surface area contributed by atoms with Gasteiger partial charge in [-0.1, -0.05) is 0 Å². The molecule has 0 aliphatic carbocycles. The van der Waals surface area contributed by atoms with Crippen LogP contribution >= 0.6 is 7.82 Å². The van der Waals surface area contributed by atoms with Crippen LogP contribution in [0.2, 0.25) is 0 Å². The molecule has 0 radical (unpaired) electrons. The van der Waals surface area contributed by atoms with Gasteiger partial charge in [0.05, 0.1) is 0 Å². The van der Waals surface area contributed by atoms with E-state index in [1.54, 1.807) is 0 Å². The van der Waals surface area contributed by atoms with Crippen molar-refractivity contribution in [2.45, 2.75) is 0 Å². The van der Waals surface area contributed by atoms with Gasteiger partial charge in [0.25, 0.3) is 0 Å². The molecular formula is K3Na2O4P+2. The first kappa shape index (κ1) is 36.0. The summed E-state index contributed by atoms with van der Waals surface area (Å²) in [6.07, 6.45) is 0. The molecule has 0 fully saturated rings. The van der Waals surface area contributed by atoms with E-state index in [1.807, 2.05) is 0 Å². The zero-order valence-electron chi connectivity index (χ0n) is 7.08. The average Bonchev–Trinajstić information content (AvgIpc) is 0.722. The number of hydrogen-bond donors (Lipinski definition) is 0. The molecule has 0 bridgehead atoms. The van der Waals surface area contributed by atoms with Gasteiger partial charge < -0.3 is 19.2 Å². The molecule has 0 amide bonds. The van der Waals surface area contributed by atoms with E-state index < -0.39 is 7.82 Å². The molecule has 0 spiro atoms. The van der Waals surface area contributed by atoms with Gasteiger partial charge in [-0.25, -0.2) is 0 Å². The van der Waals surface area contributed by atoms with Crippen molar-refractivity contribution >= 4 is 7.82 Å². The molecule has 0 saturated heterocycles. The summed E-state index contributed by atoms with van der Waals surface area (Å²) in [6, 6.07) is 0. The maximum Gasteiger partial charge on any atom is 1.00 e. The Bertz CT molecular complexity index is 64.6. The summed E-state index contributed by atoms with van der Waals surface area (Å²) in [5.41, 5.74) is 0. The van der Waals surface area contributed by atoms with Crippen LogP contribution in [0.5, 0.6) is 0 Å². The van der Waals surface area contributed by atoms with E-state index in [2.05, 4.69) is 0 Å². The summed E-state index contributed by atoms with van der Waals surface area (Å²) in [6.45, 7) is 0. The summed E-state index contributed by atoms with van der Waals surface area (Å²) in [5.74, 6) is 0. The van der Waals surface area contributed by atoms with E-state index in [-0.39, 0.29) is 213 Å². The molecule has 0 heterocycles. The van der Waals surface area contributed by atoms with Crippen LogP contribution in [0.1, 0.15) is 0 Å². The number of hydrogen-bond acceptors (Lipinski definition) is 4. The average molecular weight is 258 g/mol. The van der Waals surface area contributed by atoms with E-state index >= 15 is 0 Å². The Labute approximate surface area is 232 Å². The smallest absolute Gasteiger partial charge is 0.822 e. The van der Waals surface area contributed by atoms with Crippen LogP contribution in [0, 0.1) is 0 Å². The van der Waals surface area contributed by atoms with Crippen molar-refractivity contribution in [3.05, 3.63) is 0 Å².